The minimum absolute atomic E-state index is 0.0152. The molecular weight excluding hydrogens is 307 g/mol. The summed E-state index contributed by atoms with van der Waals surface area (Å²) >= 11 is 0. The SMILES string of the molecule is CC(C)[C@H](CO)Nc1nc(Nc2cccc(F)c2)cc(C2CC2)n1. The van der Waals surface area contributed by atoms with Crippen LogP contribution < -0.4 is 10.6 Å². The van der Waals surface area contributed by atoms with Crippen molar-refractivity contribution in [2.75, 3.05) is 17.2 Å². The van der Waals surface area contributed by atoms with Crippen molar-refractivity contribution < 1.29 is 9.50 Å². The molecule has 1 aliphatic carbocycles. The monoisotopic (exact) mass is 330 g/mol. The van der Waals surface area contributed by atoms with E-state index in [1.54, 1.807) is 12.1 Å². The fourth-order valence-electron chi connectivity index (χ4n) is 2.49. The van der Waals surface area contributed by atoms with Crippen LogP contribution in [0.3, 0.4) is 0 Å². The molecule has 0 radical (unpaired) electrons. The molecule has 1 aromatic heterocycles. The zero-order valence-electron chi connectivity index (χ0n) is 14.0. The standard InChI is InChI=1S/C18H23FN4O/c1-11(2)16(10-24)22-18-21-15(12-6-7-12)9-17(23-18)20-14-5-3-4-13(19)8-14/h3-5,8-9,11-12,16,24H,6-7,10H2,1-2H3,(H2,20,21,22,23)/t16-/m0/s1. The first-order valence-electron chi connectivity index (χ1n) is 8.34. The summed E-state index contributed by atoms with van der Waals surface area (Å²) < 4.78 is 13.4. The van der Waals surface area contributed by atoms with Gasteiger partial charge in [0.2, 0.25) is 5.95 Å². The Labute approximate surface area is 141 Å². The first kappa shape index (κ1) is 16.6. The predicted octanol–water partition coefficient (Wildman–Crippen LogP) is 3.67. The Morgan fingerprint density at radius 3 is 2.67 bits per heavy atom. The van der Waals surface area contributed by atoms with Gasteiger partial charge in [0.25, 0.3) is 0 Å². The van der Waals surface area contributed by atoms with Gasteiger partial charge in [-0.3, -0.25) is 0 Å². The summed E-state index contributed by atoms with van der Waals surface area (Å²) in [4.78, 5) is 9.05. The van der Waals surface area contributed by atoms with Crippen molar-refractivity contribution in [3.63, 3.8) is 0 Å². The molecule has 0 saturated heterocycles. The van der Waals surface area contributed by atoms with Crippen LogP contribution in [0.5, 0.6) is 0 Å². The van der Waals surface area contributed by atoms with Gasteiger partial charge in [-0.1, -0.05) is 19.9 Å². The predicted molar refractivity (Wildman–Crippen MR) is 93.0 cm³/mol. The first-order chi connectivity index (χ1) is 11.5. The second-order valence-electron chi connectivity index (χ2n) is 6.59. The molecule has 0 aliphatic heterocycles. The molecule has 0 bridgehead atoms. The summed E-state index contributed by atoms with van der Waals surface area (Å²) in [6, 6.07) is 8.08. The number of hydrogen-bond donors (Lipinski definition) is 3. The van der Waals surface area contributed by atoms with Crippen LogP contribution in [0.15, 0.2) is 30.3 Å². The number of rotatable bonds is 7. The summed E-state index contributed by atoms with van der Waals surface area (Å²) in [5.74, 6) is 1.54. The molecule has 24 heavy (non-hydrogen) atoms. The zero-order chi connectivity index (χ0) is 17.1. The fraction of sp³-hybridized carbons (Fsp3) is 0.444. The van der Waals surface area contributed by atoms with Gasteiger partial charge in [0.15, 0.2) is 0 Å². The molecule has 128 valence electrons. The van der Waals surface area contributed by atoms with Crippen molar-refractivity contribution in [1.29, 1.82) is 0 Å². The lowest BCUT2D eigenvalue weighted by molar-refractivity contribution is 0.248. The van der Waals surface area contributed by atoms with Gasteiger partial charge in [-0.05, 0) is 37.0 Å². The van der Waals surface area contributed by atoms with Crippen LogP contribution in [0.2, 0.25) is 0 Å². The Hall–Kier alpha value is -2.21. The summed E-state index contributed by atoms with van der Waals surface area (Å²) in [5.41, 5.74) is 1.62. The molecule has 1 saturated carbocycles. The molecule has 5 nitrogen and oxygen atoms in total. The zero-order valence-corrected chi connectivity index (χ0v) is 14.0. The van der Waals surface area contributed by atoms with Crippen LogP contribution >= 0.6 is 0 Å². The van der Waals surface area contributed by atoms with Gasteiger partial charge in [0, 0.05) is 17.7 Å². The number of anilines is 3. The summed E-state index contributed by atoms with van der Waals surface area (Å²) in [7, 11) is 0. The van der Waals surface area contributed by atoms with Crippen molar-refractivity contribution in [2.45, 2.75) is 38.6 Å². The lowest BCUT2D eigenvalue weighted by Gasteiger charge is -2.20. The highest BCUT2D eigenvalue weighted by atomic mass is 19.1. The van der Waals surface area contributed by atoms with E-state index in [-0.39, 0.29) is 24.4 Å². The number of nitrogens with one attached hydrogen (secondary N) is 2. The highest BCUT2D eigenvalue weighted by Crippen LogP contribution is 2.40. The van der Waals surface area contributed by atoms with Gasteiger partial charge in [-0.15, -0.1) is 0 Å². The van der Waals surface area contributed by atoms with E-state index in [9.17, 15) is 9.50 Å². The number of hydrogen-bond acceptors (Lipinski definition) is 5. The molecule has 0 unspecified atom stereocenters. The number of benzene rings is 1. The highest BCUT2D eigenvalue weighted by Gasteiger charge is 2.26. The fourth-order valence-corrected chi connectivity index (χ4v) is 2.49. The van der Waals surface area contributed by atoms with Crippen LogP contribution in [0.25, 0.3) is 0 Å². The molecule has 0 amide bonds. The van der Waals surface area contributed by atoms with E-state index in [1.165, 1.54) is 12.1 Å². The Bertz CT molecular complexity index is 703. The number of aliphatic hydroxyl groups excluding tert-OH is 1. The summed E-state index contributed by atoms with van der Waals surface area (Å²) in [6.07, 6.45) is 2.26. The van der Waals surface area contributed by atoms with Crippen molar-refractivity contribution in [3.05, 3.63) is 41.8 Å². The molecule has 3 rings (SSSR count). The molecular formula is C18H23FN4O. The minimum Gasteiger partial charge on any atom is -0.394 e. The number of nitrogens with zero attached hydrogens (tertiary/aromatic N) is 2. The average Bonchev–Trinajstić information content (AvgIpc) is 3.37. The molecule has 6 heteroatoms. The van der Waals surface area contributed by atoms with Gasteiger partial charge in [0.05, 0.1) is 18.3 Å². The van der Waals surface area contributed by atoms with E-state index >= 15 is 0 Å². The number of aromatic nitrogens is 2. The second-order valence-corrected chi connectivity index (χ2v) is 6.59. The molecule has 1 atom stereocenters. The third kappa shape index (κ3) is 4.20. The van der Waals surface area contributed by atoms with Gasteiger partial charge < -0.3 is 15.7 Å². The Kier molecular flexibility index (Phi) is 4.94. The summed E-state index contributed by atoms with van der Waals surface area (Å²) in [5, 5.41) is 15.8. The molecule has 0 spiro atoms. The molecule has 1 aromatic carbocycles. The van der Waals surface area contributed by atoms with Crippen LogP contribution in [-0.4, -0.2) is 27.7 Å². The first-order valence-corrected chi connectivity index (χ1v) is 8.34. The van der Waals surface area contributed by atoms with Crippen LogP contribution in [-0.2, 0) is 0 Å². The largest absolute Gasteiger partial charge is 0.394 e. The van der Waals surface area contributed by atoms with Crippen LogP contribution in [0.4, 0.5) is 21.8 Å². The van der Waals surface area contributed by atoms with Crippen LogP contribution in [0, 0.1) is 11.7 Å². The second kappa shape index (κ2) is 7.13. The van der Waals surface area contributed by atoms with E-state index in [0.717, 1.165) is 18.5 Å². The molecule has 3 N–H and O–H groups in total. The lowest BCUT2D eigenvalue weighted by Crippen LogP contribution is -2.30. The lowest BCUT2D eigenvalue weighted by atomic mass is 10.1. The van der Waals surface area contributed by atoms with Crippen molar-refractivity contribution in [3.8, 4) is 0 Å². The third-order valence-corrected chi connectivity index (χ3v) is 4.15. The third-order valence-electron chi connectivity index (χ3n) is 4.15. The van der Waals surface area contributed by atoms with Crippen molar-refractivity contribution >= 4 is 17.5 Å². The van der Waals surface area contributed by atoms with E-state index in [2.05, 4.69) is 20.6 Å². The van der Waals surface area contributed by atoms with Crippen molar-refractivity contribution in [2.24, 2.45) is 5.92 Å². The smallest absolute Gasteiger partial charge is 0.225 e. The van der Waals surface area contributed by atoms with Crippen LogP contribution in [0.1, 0.15) is 38.3 Å². The maximum absolute atomic E-state index is 13.4. The Morgan fingerprint density at radius 2 is 2.04 bits per heavy atom. The summed E-state index contributed by atoms with van der Waals surface area (Å²) in [6.45, 7) is 4.08. The van der Waals surface area contributed by atoms with Gasteiger partial charge >= 0.3 is 0 Å². The topological polar surface area (TPSA) is 70.1 Å². The van der Waals surface area contributed by atoms with Gasteiger partial charge in [-0.2, -0.15) is 4.98 Å². The molecule has 2 aromatic rings. The molecule has 1 fully saturated rings. The number of halogens is 1. The highest BCUT2D eigenvalue weighted by molar-refractivity contribution is 5.58. The molecule has 1 aliphatic rings. The quantitative estimate of drug-likeness (QED) is 0.723. The minimum atomic E-state index is -0.296. The van der Waals surface area contributed by atoms with Gasteiger partial charge in [-0.25, -0.2) is 9.37 Å². The Morgan fingerprint density at radius 1 is 1.25 bits per heavy atom. The van der Waals surface area contributed by atoms with Gasteiger partial charge in [0.1, 0.15) is 11.6 Å². The van der Waals surface area contributed by atoms with Crippen molar-refractivity contribution in [1.82, 2.24) is 9.97 Å². The average molecular weight is 330 g/mol. The maximum Gasteiger partial charge on any atom is 0.225 e. The molecule has 1 heterocycles. The van der Waals surface area contributed by atoms with E-state index in [0.29, 0.717) is 23.4 Å². The number of aliphatic hydroxyl groups is 1. The maximum atomic E-state index is 13.4. The van der Waals surface area contributed by atoms with E-state index in [1.807, 2.05) is 19.9 Å². The Balaban J connectivity index is 1.85. The van der Waals surface area contributed by atoms with E-state index in [4.69, 9.17) is 0 Å². The normalized spacial score (nSPS) is 15.4. The van der Waals surface area contributed by atoms with E-state index < -0.39 is 0 Å².